The molecule has 2 nitrogen and oxygen atoms in total. The third-order valence-corrected chi connectivity index (χ3v) is 15.5. The normalized spacial score (nSPS) is 12.4. The van der Waals surface area contributed by atoms with E-state index < -0.39 is 5.41 Å². The fourth-order valence-electron chi connectivity index (χ4n) is 12.3. The summed E-state index contributed by atoms with van der Waals surface area (Å²) in [6.07, 6.45) is 0. The maximum absolute atomic E-state index is 2.48. The van der Waals surface area contributed by atoms with Crippen LogP contribution in [-0.4, -0.2) is 0 Å². The molecule has 12 aromatic carbocycles. The zero-order chi connectivity index (χ0) is 49.7. The van der Waals surface area contributed by atoms with E-state index in [2.05, 4.69) is 313 Å². The van der Waals surface area contributed by atoms with Gasteiger partial charge in [0, 0.05) is 34.0 Å². The minimum atomic E-state index is -0.508. The van der Waals surface area contributed by atoms with Crippen molar-refractivity contribution in [1.82, 2.24) is 0 Å². The van der Waals surface area contributed by atoms with E-state index >= 15 is 0 Å². The molecule has 0 heterocycles. The van der Waals surface area contributed by atoms with Crippen LogP contribution in [0.1, 0.15) is 22.3 Å². The van der Waals surface area contributed by atoms with Gasteiger partial charge in [0.15, 0.2) is 0 Å². The van der Waals surface area contributed by atoms with Crippen molar-refractivity contribution in [2.45, 2.75) is 5.41 Å². The molecular formula is C73H50N2. The second kappa shape index (κ2) is 18.4. The van der Waals surface area contributed by atoms with Crippen LogP contribution in [0.3, 0.4) is 0 Å². The van der Waals surface area contributed by atoms with Crippen LogP contribution in [0.4, 0.5) is 34.1 Å². The van der Waals surface area contributed by atoms with Gasteiger partial charge < -0.3 is 9.80 Å². The van der Waals surface area contributed by atoms with Crippen LogP contribution >= 0.6 is 0 Å². The Morgan fingerprint density at radius 1 is 0.200 bits per heavy atom. The fraction of sp³-hybridized carbons (Fsp3) is 0.0137. The molecule has 2 aliphatic rings. The third kappa shape index (κ3) is 7.25. The summed E-state index contributed by atoms with van der Waals surface area (Å²) in [6, 6.07) is 111. The van der Waals surface area contributed by atoms with Gasteiger partial charge in [-0.25, -0.2) is 0 Å². The molecule has 0 amide bonds. The van der Waals surface area contributed by atoms with Gasteiger partial charge in [-0.3, -0.25) is 0 Å². The highest BCUT2D eigenvalue weighted by Gasteiger charge is 2.53. The van der Waals surface area contributed by atoms with E-state index in [-0.39, 0.29) is 0 Å². The molecule has 0 fully saturated rings. The van der Waals surface area contributed by atoms with Gasteiger partial charge in [-0.2, -0.15) is 0 Å². The van der Waals surface area contributed by atoms with Gasteiger partial charge in [0.2, 0.25) is 0 Å². The van der Waals surface area contributed by atoms with Crippen LogP contribution < -0.4 is 9.80 Å². The summed E-state index contributed by atoms with van der Waals surface area (Å²) >= 11 is 0. The standard InChI is InChI=1S/C73H50N2/c1-6-23-51(24-7-1)64-50-67(65(52-25-8-2-9-26-52)49-66(64)53-41-45-58(46-42-53)74(55-27-10-3-11-28-55)56-29-12-4-13-30-56)54-43-47-59(48-44-54)75(57-31-14-5-15-32-57)71-40-22-36-63-62-35-18-21-39-70(62)73(72(63)71)68-37-19-16-33-60(68)61-34-17-20-38-69(61)73/h1-50H. The predicted octanol–water partition coefficient (Wildman–Crippen LogP) is 19.6. The van der Waals surface area contributed by atoms with Crippen molar-refractivity contribution in [3.05, 3.63) is 326 Å². The molecule has 0 atom stereocenters. The molecule has 0 aliphatic heterocycles. The predicted molar refractivity (Wildman–Crippen MR) is 314 cm³/mol. The summed E-state index contributed by atoms with van der Waals surface area (Å²) in [5.41, 5.74) is 26.0. The summed E-state index contributed by atoms with van der Waals surface area (Å²) in [5, 5.41) is 0. The van der Waals surface area contributed by atoms with E-state index in [0.717, 1.165) is 45.3 Å². The summed E-state index contributed by atoms with van der Waals surface area (Å²) in [5.74, 6) is 0. The maximum Gasteiger partial charge on any atom is 0.0746 e. The van der Waals surface area contributed by atoms with Crippen LogP contribution in [0, 0.1) is 0 Å². The molecule has 75 heavy (non-hydrogen) atoms. The number of para-hydroxylation sites is 3. The van der Waals surface area contributed by atoms with E-state index in [1.165, 1.54) is 77.9 Å². The van der Waals surface area contributed by atoms with E-state index in [4.69, 9.17) is 0 Å². The Bertz CT molecular complexity index is 3920. The van der Waals surface area contributed by atoms with Crippen LogP contribution in [0.2, 0.25) is 0 Å². The lowest BCUT2D eigenvalue weighted by Crippen LogP contribution is -2.28. The molecule has 0 saturated carbocycles. The van der Waals surface area contributed by atoms with Crippen molar-refractivity contribution in [3.8, 4) is 66.8 Å². The summed E-state index contributed by atoms with van der Waals surface area (Å²) in [6.45, 7) is 0. The molecule has 352 valence electrons. The zero-order valence-corrected chi connectivity index (χ0v) is 41.3. The molecule has 0 radical (unpaired) electrons. The molecule has 14 rings (SSSR count). The SMILES string of the molecule is c1ccc(-c2cc(-c3ccc(N(c4ccccc4)c4cccc5c4C4(c6ccccc6-c6ccccc64)c4ccccc4-5)cc3)c(-c3ccccc3)cc2-c2ccc(N(c3ccccc3)c3ccccc3)cc2)cc1. The van der Waals surface area contributed by atoms with E-state index in [9.17, 15) is 0 Å². The van der Waals surface area contributed by atoms with E-state index in [0.29, 0.717) is 0 Å². The average Bonchev–Trinajstić information content (AvgIpc) is 4.02. The third-order valence-electron chi connectivity index (χ3n) is 15.5. The highest BCUT2D eigenvalue weighted by atomic mass is 15.1. The van der Waals surface area contributed by atoms with Crippen molar-refractivity contribution in [1.29, 1.82) is 0 Å². The van der Waals surface area contributed by atoms with Crippen LogP contribution in [-0.2, 0) is 5.41 Å². The van der Waals surface area contributed by atoms with E-state index in [1.54, 1.807) is 0 Å². The quantitative estimate of drug-likeness (QED) is 0.135. The van der Waals surface area contributed by atoms with Gasteiger partial charge in [-0.05, 0) is 162 Å². The number of hydrogen-bond acceptors (Lipinski definition) is 2. The number of hydrogen-bond donors (Lipinski definition) is 0. The van der Waals surface area contributed by atoms with Crippen molar-refractivity contribution in [3.63, 3.8) is 0 Å². The van der Waals surface area contributed by atoms with Gasteiger partial charge in [0.25, 0.3) is 0 Å². The Balaban J connectivity index is 0.929. The first-order valence-corrected chi connectivity index (χ1v) is 25.9. The lowest BCUT2D eigenvalue weighted by molar-refractivity contribution is 0.793. The molecule has 0 aromatic heterocycles. The van der Waals surface area contributed by atoms with Crippen LogP contribution in [0.5, 0.6) is 0 Å². The van der Waals surface area contributed by atoms with Crippen molar-refractivity contribution >= 4 is 34.1 Å². The second-order valence-corrected chi connectivity index (χ2v) is 19.5. The summed E-state index contributed by atoms with van der Waals surface area (Å²) in [7, 11) is 0. The molecule has 12 aromatic rings. The molecule has 0 unspecified atom stereocenters. The lowest BCUT2D eigenvalue weighted by atomic mass is 9.70. The monoisotopic (exact) mass is 954 g/mol. The second-order valence-electron chi connectivity index (χ2n) is 19.5. The highest BCUT2D eigenvalue weighted by Crippen LogP contribution is 2.65. The van der Waals surface area contributed by atoms with Gasteiger partial charge in [0.1, 0.15) is 0 Å². The number of rotatable bonds is 10. The zero-order valence-electron chi connectivity index (χ0n) is 41.3. The smallest absolute Gasteiger partial charge is 0.0746 e. The molecule has 2 heteroatoms. The Kier molecular flexibility index (Phi) is 10.8. The van der Waals surface area contributed by atoms with Crippen molar-refractivity contribution < 1.29 is 0 Å². The molecule has 0 bridgehead atoms. The first-order valence-electron chi connectivity index (χ1n) is 25.9. The molecule has 0 saturated heterocycles. The Morgan fingerprint density at radius 3 is 0.907 bits per heavy atom. The largest absolute Gasteiger partial charge is 0.311 e. The van der Waals surface area contributed by atoms with Crippen molar-refractivity contribution in [2.75, 3.05) is 9.80 Å². The molecule has 2 aliphatic carbocycles. The van der Waals surface area contributed by atoms with Crippen LogP contribution in [0.25, 0.3) is 66.8 Å². The van der Waals surface area contributed by atoms with E-state index in [1.807, 2.05) is 0 Å². The fourth-order valence-corrected chi connectivity index (χ4v) is 12.3. The number of fused-ring (bicyclic) bond motifs is 10. The number of benzene rings is 12. The van der Waals surface area contributed by atoms with Crippen LogP contribution in [0.15, 0.2) is 303 Å². The van der Waals surface area contributed by atoms with Gasteiger partial charge in [0.05, 0.1) is 11.1 Å². The highest BCUT2D eigenvalue weighted by molar-refractivity contribution is 6.00. The molecule has 0 N–H and O–H groups in total. The van der Waals surface area contributed by atoms with Gasteiger partial charge in [-0.1, -0.05) is 224 Å². The Morgan fingerprint density at radius 2 is 0.493 bits per heavy atom. The number of anilines is 6. The van der Waals surface area contributed by atoms with Crippen molar-refractivity contribution in [2.24, 2.45) is 0 Å². The maximum atomic E-state index is 2.48. The first-order chi connectivity index (χ1) is 37.2. The average molecular weight is 955 g/mol. The Hall–Kier alpha value is -9.76. The topological polar surface area (TPSA) is 6.48 Å². The molecule has 1 spiro atoms. The summed E-state index contributed by atoms with van der Waals surface area (Å²) < 4.78 is 0. The Labute approximate surface area is 439 Å². The summed E-state index contributed by atoms with van der Waals surface area (Å²) in [4.78, 5) is 4.80. The molecular weight excluding hydrogens is 905 g/mol. The van der Waals surface area contributed by atoms with Gasteiger partial charge in [-0.15, -0.1) is 0 Å². The minimum Gasteiger partial charge on any atom is -0.311 e. The number of nitrogens with zero attached hydrogens (tertiary/aromatic N) is 2. The first kappa shape index (κ1) is 44.0. The van der Waals surface area contributed by atoms with Gasteiger partial charge >= 0.3 is 0 Å². The lowest BCUT2D eigenvalue weighted by Gasteiger charge is -2.35. The minimum absolute atomic E-state index is 0.508.